The minimum absolute atomic E-state index is 0.773. The van der Waals surface area contributed by atoms with Crippen LogP contribution >= 0.6 is 0 Å². The molecule has 3 rings (SSSR count). The number of nitrogens with zero attached hydrogens (tertiary/aromatic N) is 2. The van der Waals surface area contributed by atoms with Crippen molar-refractivity contribution in [3.63, 3.8) is 0 Å². The Labute approximate surface area is 173 Å². The van der Waals surface area contributed by atoms with E-state index >= 15 is 0 Å². The number of ether oxygens (including phenoxy) is 3. The van der Waals surface area contributed by atoms with Gasteiger partial charge in [-0.05, 0) is 60.2 Å². The summed E-state index contributed by atoms with van der Waals surface area (Å²) in [5, 5.41) is 3.51. The van der Waals surface area contributed by atoms with Crippen LogP contribution in [-0.4, -0.2) is 52.3 Å². The van der Waals surface area contributed by atoms with Crippen LogP contribution in [0, 0.1) is 0 Å². The van der Waals surface area contributed by atoms with Crippen molar-refractivity contribution in [2.75, 3.05) is 41.5 Å². The molecule has 1 heterocycles. The van der Waals surface area contributed by atoms with Crippen LogP contribution in [0.3, 0.4) is 0 Å². The van der Waals surface area contributed by atoms with E-state index in [1.165, 1.54) is 16.7 Å². The topological polar surface area (TPSA) is 55.3 Å². The second-order valence-electron chi connectivity index (χ2n) is 7.08. The number of benzene rings is 2. The zero-order valence-corrected chi connectivity index (χ0v) is 17.8. The smallest absolute Gasteiger partial charge is 0.193 e. The predicted molar refractivity (Wildman–Crippen MR) is 116 cm³/mol. The molecule has 0 fully saturated rings. The van der Waals surface area contributed by atoms with Gasteiger partial charge < -0.3 is 24.4 Å². The number of fused-ring (bicyclic) bond motifs is 1. The minimum Gasteiger partial charge on any atom is -0.497 e. The largest absolute Gasteiger partial charge is 0.497 e. The number of hydrogen-bond acceptors (Lipinski definition) is 4. The van der Waals surface area contributed by atoms with Crippen LogP contribution in [0.25, 0.3) is 0 Å². The zero-order valence-electron chi connectivity index (χ0n) is 17.8. The lowest BCUT2D eigenvalue weighted by molar-refractivity contribution is 0.346. The van der Waals surface area contributed by atoms with Gasteiger partial charge in [0.15, 0.2) is 17.5 Å². The maximum atomic E-state index is 5.46. The molecule has 0 amide bonds. The Hall–Kier alpha value is -2.89. The van der Waals surface area contributed by atoms with Crippen molar-refractivity contribution >= 4 is 5.96 Å². The number of aliphatic imine (C=N–C) groups is 1. The summed E-state index contributed by atoms with van der Waals surface area (Å²) in [7, 11) is 6.89. The van der Waals surface area contributed by atoms with Crippen molar-refractivity contribution in [2.24, 2.45) is 4.99 Å². The monoisotopic (exact) mass is 397 g/mol. The molecule has 2 aromatic carbocycles. The van der Waals surface area contributed by atoms with Gasteiger partial charge in [0.25, 0.3) is 0 Å². The fraction of sp³-hybridized carbons (Fsp3) is 0.435. The Balaban J connectivity index is 1.56. The van der Waals surface area contributed by atoms with Crippen LogP contribution in [0.2, 0.25) is 0 Å². The molecule has 0 unspecified atom stereocenters. The molecule has 156 valence electrons. The number of aryl methyl sites for hydroxylation is 1. The normalized spacial score (nSPS) is 13.7. The highest BCUT2D eigenvalue weighted by molar-refractivity contribution is 5.80. The summed E-state index contributed by atoms with van der Waals surface area (Å²) in [6.07, 6.45) is 2.99. The van der Waals surface area contributed by atoms with Crippen LogP contribution in [0.5, 0.6) is 17.2 Å². The average Bonchev–Trinajstić information content (AvgIpc) is 2.78. The summed E-state index contributed by atoms with van der Waals surface area (Å²) in [6.45, 7) is 2.61. The molecular formula is C23H31N3O3. The molecule has 6 heteroatoms. The Morgan fingerprint density at radius 1 is 1.03 bits per heavy atom. The second kappa shape index (κ2) is 10.0. The van der Waals surface area contributed by atoms with Crippen molar-refractivity contribution in [3.8, 4) is 17.2 Å². The first kappa shape index (κ1) is 20.8. The molecule has 6 nitrogen and oxygen atoms in total. The molecule has 0 aromatic heterocycles. The van der Waals surface area contributed by atoms with Gasteiger partial charge in [0.2, 0.25) is 0 Å². The van der Waals surface area contributed by atoms with Gasteiger partial charge in [-0.25, -0.2) is 0 Å². The molecule has 1 N–H and O–H groups in total. The van der Waals surface area contributed by atoms with E-state index in [4.69, 9.17) is 14.2 Å². The molecule has 0 radical (unpaired) electrons. The molecular weight excluding hydrogens is 366 g/mol. The van der Waals surface area contributed by atoms with Crippen LogP contribution in [0.4, 0.5) is 0 Å². The van der Waals surface area contributed by atoms with E-state index in [0.717, 1.165) is 62.1 Å². The number of hydrogen-bond donors (Lipinski definition) is 1. The highest BCUT2D eigenvalue weighted by atomic mass is 16.5. The Kier molecular flexibility index (Phi) is 7.22. The van der Waals surface area contributed by atoms with Gasteiger partial charge in [-0.2, -0.15) is 0 Å². The summed E-state index contributed by atoms with van der Waals surface area (Å²) in [6, 6.07) is 12.4. The summed E-state index contributed by atoms with van der Waals surface area (Å²) in [4.78, 5) is 6.78. The van der Waals surface area contributed by atoms with Crippen LogP contribution in [0.1, 0.15) is 23.1 Å². The lowest BCUT2D eigenvalue weighted by atomic mass is 9.99. The molecule has 2 aromatic rings. The third-order valence-corrected chi connectivity index (χ3v) is 5.29. The van der Waals surface area contributed by atoms with Gasteiger partial charge in [-0.3, -0.25) is 4.99 Å². The molecule has 0 aliphatic carbocycles. The molecule has 29 heavy (non-hydrogen) atoms. The lowest BCUT2D eigenvalue weighted by Gasteiger charge is -2.32. The fourth-order valence-corrected chi connectivity index (χ4v) is 3.72. The van der Waals surface area contributed by atoms with Gasteiger partial charge in [-0.1, -0.05) is 12.1 Å². The van der Waals surface area contributed by atoms with E-state index in [1.54, 1.807) is 21.3 Å². The summed E-state index contributed by atoms with van der Waals surface area (Å²) in [5.74, 6) is 3.41. The lowest BCUT2D eigenvalue weighted by Crippen LogP contribution is -2.44. The summed E-state index contributed by atoms with van der Waals surface area (Å²) in [5.41, 5.74) is 3.86. The highest BCUT2D eigenvalue weighted by Gasteiger charge is 2.21. The Morgan fingerprint density at radius 3 is 2.48 bits per heavy atom. The van der Waals surface area contributed by atoms with Gasteiger partial charge in [0.1, 0.15) is 5.75 Å². The van der Waals surface area contributed by atoms with Crippen molar-refractivity contribution < 1.29 is 14.2 Å². The van der Waals surface area contributed by atoms with E-state index in [9.17, 15) is 0 Å². The van der Waals surface area contributed by atoms with Gasteiger partial charge >= 0.3 is 0 Å². The van der Waals surface area contributed by atoms with Crippen molar-refractivity contribution in [3.05, 3.63) is 53.1 Å². The second-order valence-corrected chi connectivity index (χ2v) is 7.08. The number of rotatable bonds is 7. The molecule has 1 aliphatic rings. The summed E-state index contributed by atoms with van der Waals surface area (Å²) >= 11 is 0. The van der Waals surface area contributed by atoms with Crippen molar-refractivity contribution in [1.29, 1.82) is 0 Å². The van der Waals surface area contributed by atoms with Crippen LogP contribution in [-0.2, 0) is 19.4 Å². The first-order chi connectivity index (χ1) is 14.2. The quantitative estimate of drug-likeness (QED) is 0.441. The Morgan fingerprint density at radius 2 is 1.79 bits per heavy atom. The maximum Gasteiger partial charge on any atom is 0.193 e. The van der Waals surface area contributed by atoms with Crippen LogP contribution < -0.4 is 19.5 Å². The van der Waals surface area contributed by atoms with Crippen LogP contribution in [0.15, 0.2) is 41.4 Å². The van der Waals surface area contributed by atoms with Gasteiger partial charge in [-0.15, -0.1) is 0 Å². The SMILES string of the molecule is CN=C(NCCCc1cccc(OC)c1)N1CCc2cc(OC)c(OC)cc2C1. The average molecular weight is 398 g/mol. The molecule has 0 atom stereocenters. The fourth-order valence-electron chi connectivity index (χ4n) is 3.72. The third kappa shape index (κ3) is 5.13. The summed E-state index contributed by atoms with van der Waals surface area (Å²) < 4.78 is 16.2. The number of guanidine groups is 1. The van der Waals surface area contributed by atoms with Crippen molar-refractivity contribution in [1.82, 2.24) is 10.2 Å². The van der Waals surface area contributed by atoms with E-state index in [2.05, 4.69) is 39.5 Å². The minimum atomic E-state index is 0.773. The van der Waals surface area contributed by atoms with E-state index in [0.29, 0.717) is 0 Å². The highest BCUT2D eigenvalue weighted by Crippen LogP contribution is 2.33. The predicted octanol–water partition coefficient (Wildman–Crippen LogP) is 3.28. The molecule has 1 aliphatic heterocycles. The molecule has 0 saturated heterocycles. The first-order valence-corrected chi connectivity index (χ1v) is 10.0. The van der Waals surface area contributed by atoms with E-state index < -0.39 is 0 Å². The van der Waals surface area contributed by atoms with Crippen molar-refractivity contribution in [2.45, 2.75) is 25.8 Å². The zero-order chi connectivity index (χ0) is 20.6. The number of nitrogens with one attached hydrogen (secondary N) is 1. The maximum absolute atomic E-state index is 5.46. The van der Waals surface area contributed by atoms with Gasteiger partial charge in [0.05, 0.1) is 21.3 Å². The molecule has 0 bridgehead atoms. The number of methoxy groups -OCH3 is 3. The van der Waals surface area contributed by atoms with Gasteiger partial charge in [0, 0.05) is 26.7 Å². The van der Waals surface area contributed by atoms with E-state index in [1.807, 2.05) is 19.2 Å². The molecule has 0 saturated carbocycles. The molecule has 0 spiro atoms. The first-order valence-electron chi connectivity index (χ1n) is 10.0. The third-order valence-electron chi connectivity index (χ3n) is 5.29. The van der Waals surface area contributed by atoms with E-state index in [-0.39, 0.29) is 0 Å². The standard InChI is InChI=1S/C23H31N3O3/c1-24-23(25-11-6-8-17-7-5-9-20(13-17)27-2)26-12-10-18-14-21(28-3)22(29-4)15-19(18)16-26/h5,7,9,13-15H,6,8,10-12,16H2,1-4H3,(H,24,25). The Bertz CT molecular complexity index is 851.